The molecule has 0 saturated carbocycles. The summed E-state index contributed by atoms with van der Waals surface area (Å²) in [5, 5.41) is -1.15. The Morgan fingerprint density at radius 2 is 1.27 bits per heavy atom. The molecule has 0 N–H and O–H groups in total. The van der Waals surface area contributed by atoms with Gasteiger partial charge in [0.25, 0.3) is 0 Å². The number of hydrogen-bond acceptors (Lipinski definition) is 2. The first-order chi connectivity index (χ1) is 25.8. The maximum atomic E-state index is 6.92. The molecule has 2 unspecified atom stereocenters. The van der Waals surface area contributed by atoms with Crippen LogP contribution in [0.1, 0.15) is 46.0 Å². The fourth-order valence-electron chi connectivity index (χ4n) is 9.95. The molecule has 0 aromatic heterocycles. The predicted octanol–water partition coefficient (Wildman–Crippen LogP) is -9.43. The van der Waals surface area contributed by atoms with Gasteiger partial charge in [-0.05, 0) is 31.9 Å². The Hall–Kier alpha value is 1.16. The van der Waals surface area contributed by atoms with Gasteiger partial charge in [0.1, 0.15) is 6.17 Å². The molecule has 38 radical (unpaired) electrons. The lowest BCUT2D eigenvalue weighted by Crippen LogP contribution is -2.79. The molecular weight excluding hydrogens is 621 g/mol. The largest absolute Gasteiger partial charge is 0.355 e. The van der Waals surface area contributed by atoms with Gasteiger partial charge in [0.15, 0.2) is 0 Å². The monoisotopic (exact) mass is 653 g/mol. The van der Waals surface area contributed by atoms with E-state index in [-0.39, 0.29) is 12.0 Å². The summed E-state index contributed by atoms with van der Waals surface area (Å²) in [7, 11) is 119. The highest BCUT2D eigenvalue weighted by Gasteiger charge is 2.58. The van der Waals surface area contributed by atoms with Crippen LogP contribution in [0.15, 0.2) is 35.8 Å². The smallest absolute Gasteiger partial charge is 0.104 e. The number of nitrogens with zero attached hydrogens (tertiary/aromatic N) is 2. The Bertz CT molecular complexity index is 1250. The normalized spacial score (nSPS) is 19.7. The van der Waals surface area contributed by atoms with Crippen molar-refractivity contribution in [3.05, 3.63) is 35.8 Å². The van der Waals surface area contributed by atoms with E-state index in [1.54, 1.807) is 0 Å². The molecule has 0 aliphatic carbocycles. The van der Waals surface area contributed by atoms with E-state index in [0.29, 0.717) is 13.0 Å². The fraction of sp³-hybridized carbons (Fsp3) is 0.647. The second-order valence-corrected chi connectivity index (χ2v) is 16.0. The predicted molar refractivity (Wildman–Crippen MR) is 286 cm³/mol. The molecule has 38 heteroatoms. The van der Waals surface area contributed by atoms with E-state index in [2.05, 4.69) is 62.4 Å². The van der Waals surface area contributed by atoms with Crippen molar-refractivity contribution in [2.75, 3.05) is 6.54 Å². The SMILES string of the molecule is [B][B]B([B])B([B]C1([B]B(B([B])[B])B(B([B])[B])B([B])[B])CC2N(CC)C=C3C=CC=C(CC[C@H](CCC)B1B(B([B])[B])B([B][B])B([B])[B])N32)B(B([B])[B])B([B])[B]. The van der Waals surface area contributed by atoms with E-state index in [0.717, 1.165) is 37.1 Å². The Kier molecular flexibility index (Phi) is 21.0. The van der Waals surface area contributed by atoms with Crippen molar-refractivity contribution < 1.29 is 0 Å². The van der Waals surface area contributed by atoms with Crippen LogP contribution in [0.4, 0.5) is 0 Å². The molecule has 3 aliphatic rings. The number of hydrogen-bond donors (Lipinski definition) is 0. The van der Waals surface area contributed by atoms with Crippen molar-refractivity contribution in [3.63, 3.8) is 0 Å². The third-order valence-electron chi connectivity index (χ3n) is 12.3. The van der Waals surface area contributed by atoms with Crippen molar-refractivity contribution in [1.29, 1.82) is 0 Å². The number of rotatable bonds is 21. The molecule has 1 fully saturated rings. The van der Waals surface area contributed by atoms with E-state index in [1.807, 2.05) is 0 Å². The summed E-state index contributed by atoms with van der Waals surface area (Å²) in [6, 6.07) is 0. The third kappa shape index (κ3) is 12.0. The lowest BCUT2D eigenvalue weighted by molar-refractivity contribution is 0.168. The van der Waals surface area contributed by atoms with Crippen LogP contribution in [0.2, 0.25) is 10.9 Å². The highest BCUT2D eigenvalue weighted by molar-refractivity contribution is 8.10. The van der Waals surface area contributed by atoms with Crippen LogP contribution in [0.3, 0.4) is 0 Å². The Morgan fingerprint density at radius 1 is 0.727 bits per heavy atom. The van der Waals surface area contributed by atoms with Gasteiger partial charge in [-0.25, -0.2) is 0 Å². The molecule has 0 aromatic carbocycles. The summed E-state index contributed by atoms with van der Waals surface area (Å²) < 4.78 is 0. The molecular formula is C17H24B36N2. The van der Waals surface area contributed by atoms with Crippen LogP contribution < -0.4 is 0 Å². The van der Waals surface area contributed by atoms with Crippen LogP contribution in [-0.4, -0.2) is 278 Å². The first-order valence-electron chi connectivity index (χ1n) is 19.6. The van der Waals surface area contributed by atoms with Gasteiger partial charge in [-0.2, -0.15) is 0 Å². The zero-order valence-electron chi connectivity index (χ0n) is 32.9. The molecule has 3 heterocycles. The molecule has 3 atom stereocenters. The minimum absolute atomic E-state index is 0.0888. The van der Waals surface area contributed by atoms with Crippen LogP contribution in [0, 0.1) is 0 Å². The summed E-state index contributed by atoms with van der Waals surface area (Å²) in [5.41, 5.74) is 2.20. The van der Waals surface area contributed by atoms with Crippen molar-refractivity contribution in [2.24, 2.45) is 0 Å². The quantitative estimate of drug-likeness (QED) is 0.115. The molecule has 210 valence electrons. The van der Waals surface area contributed by atoms with Gasteiger partial charge in [-0.3, -0.25) is 0 Å². The maximum Gasteiger partial charge on any atom is 0.104 e. The van der Waals surface area contributed by atoms with Gasteiger partial charge in [0.05, 0.1) is 12.3 Å². The van der Waals surface area contributed by atoms with Gasteiger partial charge in [-0.1, -0.05) is 38.1 Å². The molecule has 3 aliphatic heterocycles. The summed E-state index contributed by atoms with van der Waals surface area (Å²) in [5.74, 6) is -0.0888. The van der Waals surface area contributed by atoms with E-state index in [9.17, 15) is 0 Å². The van der Waals surface area contributed by atoms with Crippen LogP contribution in [-0.2, 0) is 0 Å². The summed E-state index contributed by atoms with van der Waals surface area (Å²) in [6.45, 7) is 4.42. The van der Waals surface area contributed by atoms with Crippen molar-refractivity contribution >= 4 is 256 Å². The van der Waals surface area contributed by atoms with Gasteiger partial charge < -0.3 is 9.80 Å². The zero-order chi connectivity index (χ0) is 41.5. The van der Waals surface area contributed by atoms with Crippen LogP contribution >= 0.6 is 0 Å². The maximum absolute atomic E-state index is 6.92. The van der Waals surface area contributed by atoms with Crippen molar-refractivity contribution in [3.8, 4) is 0 Å². The molecule has 1 saturated heterocycles. The highest BCUT2D eigenvalue weighted by Crippen LogP contribution is 2.50. The molecule has 3 rings (SSSR count). The summed E-state index contributed by atoms with van der Waals surface area (Å²) >= 11 is 0. The molecule has 0 aromatic rings. The van der Waals surface area contributed by atoms with Gasteiger partial charge in [0, 0.05) is 268 Å². The van der Waals surface area contributed by atoms with Crippen molar-refractivity contribution in [1.82, 2.24) is 9.80 Å². The second-order valence-electron chi connectivity index (χ2n) is 16.0. The summed E-state index contributed by atoms with van der Waals surface area (Å²) in [4.78, 5) is 4.65. The Morgan fingerprint density at radius 3 is 1.73 bits per heavy atom. The first-order valence-corrected chi connectivity index (χ1v) is 19.6. The van der Waals surface area contributed by atoms with Crippen molar-refractivity contribution in [2.45, 2.75) is 63.0 Å². The summed E-state index contributed by atoms with van der Waals surface area (Å²) in [6.07, 6.45) is -0.607. The topological polar surface area (TPSA) is 6.48 Å². The molecule has 0 bridgehead atoms. The van der Waals surface area contributed by atoms with E-state index < -0.39 is 101 Å². The zero-order valence-corrected chi connectivity index (χ0v) is 32.9. The lowest BCUT2D eigenvalue weighted by Gasteiger charge is -2.56. The van der Waals surface area contributed by atoms with Gasteiger partial charge in [0.2, 0.25) is 0 Å². The molecule has 55 heavy (non-hydrogen) atoms. The Labute approximate surface area is 368 Å². The number of allylic oxidation sites excluding steroid dienone is 4. The van der Waals surface area contributed by atoms with Gasteiger partial charge in [-0.15, -0.1) is 5.11 Å². The average molecular weight is 646 g/mol. The van der Waals surface area contributed by atoms with Gasteiger partial charge >= 0.3 is 0 Å². The fourth-order valence-corrected chi connectivity index (χ4v) is 9.95. The molecule has 2 nitrogen and oxygen atoms in total. The lowest BCUT2D eigenvalue weighted by atomic mass is 8.45. The molecule has 0 amide bonds. The standard InChI is InChI=1S/C17H24B36N2/c1-3-6-13-9-10-14-7-5-8-15-12-54(4-2)16(55(14)15)11-17(35-48(40(20)21)52(43(26)27)44(28)29,39(13)51(42(24)25)50(38-19)41(22)23)36-49(47(34)37-18)53(45(30)31)46(32)33/h5,7-8,12-13,16H,3-4,6,9-11H2,1-2H3/t13-,16?,17?/m0/s1. The van der Waals surface area contributed by atoms with Crippen LogP contribution in [0.25, 0.3) is 0 Å². The third-order valence-corrected chi connectivity index (χ3v) is 12.3. The van der Waals surface area contributed by atoms with Crippen LogP contribution in [0.5, 0.6) is 0 Å². The average Bonchev–Trinajstić information content (AvgIpc) is 3.47. The Balaban J connectivity index is 2.64. The second kappa shape index (κ2) is 22.8. The first kappa shape index (κ1) is 50.5. The minimum Gasteiger partial charge on any atom is -0.355 e. The van der Waals surface area contributed by atoms with E-state index >= 15 is 0 Å². The van der Waals surface area contributed by atoms with E-state index in [4.69, 9.17) is 132 Å². The molecule has 0 spiro atoms. The highest BCUT2D eigenvalue weighted by atomic mass is 15.4. The minimum atomic E-state index is -1.15. The van der Waals surface area contributed by atoms with E-state index in [1.165, 1.54) is 14.1 Å².